The first-order chi connectivity index (χ1) is 15.0. The summed E-state index contributed by atoms with van der Waals surface area (Å²) < 4.78 is 0. The summed E-state index contributed by atoms with van der Waals surface area (Å²) in [4.78, 5) is 26.3. The summed E-state index contributed by atoms with van der Waals surface area (Å²) in [7, 11) is 0. The Balaban J connectivity index is 1.42. The molecule has 2 unspecified atom stereocenters. The zero-order chi connectivity index (χ0) is 22.1. The molecule has 0 spiro atoms. The number of carbonyl (C=O) groups is 2. The maximum atomic E-state index is 12.2. The van der Waals surface area contributed by atoms with E-state index in [4.69, 9.17) is 0 Å². The van der Waals surface area contributed by atoms with Gasteiger partial charge in [0.1, 0.15) is 0 Å². The number of urea groups is 1. The maximum Gasteiger partial charge on any atom is 0.319 e. The van der Waals surface area contributed by atoms with E-state index < -0.39 is 0 Å². The minimum Gasteiger partial charge on any atom is -0.338 e. The van der Waals surface area contributed by atoms with Crippen molar-refractivity contribution in [3.8, 4) is 0 Å². The van der Waals surface area contributed by atoms with Crippen molar-refractivity contribution in [3.05, 3.63) is 65.7 Å². The highest BCUT2D eigenvalue weighted by molar-refractivity contribution is 5.96. The fourth-order valence-corrected chi connectivity index (χ4v) is 4.56. The van der Waals surface area contributed by atoms with Crippen molar-refractivity contribution in [3.63, 3.8) is 0 Å². The van der Waals surface area contributed by atoms with Crippen LogP contribution >= 0.6 is 0 Å². The second-order valence-electron chi connectivity index (χ2n) is 8.52. The number of piperidine rings is 1. The van der Waals surface area contributed by atoms with Gasteiger partial charge in [0.2, 0.25) is 0 Å². The average Bonchev–Trinajstić information content (AvgIpc) is 2.78. The van der Waals surface area contributed by atoms with E-state index in [1.165, 1.54) is 31.9 Å². The fraction of sp³-hybridized carbons (Fsp3) is 0.462. The molecular formula is C26H35N3O2. The number of hydrogen-bond donors (Lipinski definition) is 2. The number of ketones is 1. The molecule has 1 aliphatic heterocycles. The number of anilines is 1. The number of nitrogens with zero attached hydrogens (tertiary/aromatic N) is 1. The van der Waals surface area contributed by atoms with Gasteiger partial charge in [-0.3, -0.25) is 4.79 Å². The van der Waals surface area contributed by atoms with Crippen LogP contribution in [0, 0.1) is 5.92 Å². The third-order valence-electron chi connectivity index (χ3n) is 6.25. The lowest BCUT2D eigenvalue weighted by Gasteiger charge is -2.39. The average molecular weight is 422 g/mol. The quantitative estimate of drug-likeness (QED) is 0.436. The molecule has 2 atom stereocenters. The predicted molar refractivity (Wildman–Crippen MR) is 127 cm³/mol. The first kappa shape index (κ1) is 23.0. The molecule has 166 valence electrons. The lowest BCUT2D eigenvalue weighted by molar-refractivity contribution is 0.101. The van der Waals surface area contributed by atoms with Gasteiger partial charge in [-0.15, -0.1) is 0 Å². The van der Waals surface area contributed by atoms with Crippen molar-refractivity contribution in [2.24, 2.45) is 5.92 Å². The fourth-order valence-electron chi connectivity index (χ4n) is 4.56. The van der Waals surface area contributed by atoms with Crippen LogP contribution in [0.4, 0.5) is 10.5 Å². The number of rotatable bonds is 9. The number of likely N-dealkylation sites (tertiary alicyclic amines) is 1. The molecule has 2 amide bonds. The minimum absolute atomic E-state index is 0.0115. The van der Waals surface area contributed by atoms with E-state index in [9.17, 15) is 9.59 Å². The number of Topliss-reactive ketones (excluding diaryl/α,β-unsaturated/α-hetero) is 1. The molecule has 3 rings (SSSR count). The highest BCUT2D eigenvalue weighted by Gasteiger charge is 2.27. The Morgan fingerprint density at radius 2 is 1.90 bits per heavy atom. The first-order valence-electron chi connectivity index (χ1n) is 11.5. The van der Waals surface area contributed by atoms with Gasteiger partial charge in [0.25, 0.3) is 0 Å². The Labute approximate surface area is 186 Å². The van der Waals surface area contributed by atoms with Gasteiger partial charge in [-0.05, 0) is 75.7 Å². The van der Waals surface area contributed by atoms with Crippen LogP contribution in [0.15, 0.2) is 54.6 Å². The molecule has 0 aliphatic carbocycles. The summed E-state index contributed by atoms with van der Waals surface area (Å²) in [6.45, 7) is 6.66. The van der Waals surface area contributed by atoms with Crippen LogP contribution in [-0.4, -0.2) is 42.4 Å². The van der Waals surface area contributed by atoms with Crippen LogP contribution in [-0.2, 0) is 6.42 Å². The number of benzene rings is 2. The molecule has 5 nitrogen and oxygen atoms in total. The second-order valence-corrected chi connectivity index (χ2v) is 8.52. The lowest BCUT2D eigenvalue weighted by Crippen LogP contribution is -2.43. The van der Waals surface area contributed by atoms with Gasteiger partial charge in [-0.2, -0.15) is 0 Å². The molecule has 31 heavy (non-hydrogen) atoms. The van der Waals surface area contributed by atoms with Crippen LogP contribution in [0.2, 0.25) is 0 Å². The molecule has 2 N–H and O–H groups in total. The first-order valence-corrected chi connectivity index (χ1v) is 11.5. The van der Waals surface area contributed by atoms with Crippen LogP contribution in [0.1, 0.15) is 55.5 Å². The maximum absolute atomic E-state index is 12.2. The van der Waals surface area contributed by atoms with E-state index in [1.54, 1.807) is 24.3 Å². The standard InChI is InChI=1S/C26H35N3O2/c1-3-29-16-14-22(17-21-9-5-4-6-10-21)18-25(29)13-8-15-27-26(31)28-24-12-7-11-23(19-24)20(2)30/h4-7,9-12,19,22,25H,3,8,13-18H2,1-2H3,(H2,27,28,31). The van der Waals surface area contributed by atoms with Crippen LogP contribution in [0.5, 0.6) is 0 Å². The van der Waals surface area contributed by atoms with E-state index in [2.05, 4.69) is 52.8 Å². The molecule has 0 aromatic heterocycles. The van der Waals surface area contributed by atoms with Gasteiger partial charge in [0.05, 0.1) is 0 Å². The number of nitrogens with one attached hydrogen (secondary N) is 2. The molecule has 5 heteroatoms. The van der Waals surface area contributed by atoms with Gasteiger partial charge in [0.15, 0.2) is 5.78 Å². The van der Waals surface area contributed by atoms with Crippen molar-refractivity contribution >= 4 is 17.5 Å². The monoisotopic (exact) mass is 421 g/mol. The zero-order valence-electron chi connectivity index (χ0n) is 18.8. The normalized spacial score (nSPS) is 19.0. The molecular weight excluding hydrogens is 386 g/mol. The summed E-state index contributed by atoms with van der Waals surface area (Å²) >= 11 is 0. The summed E-state index contributed by atoms with van der Waals surface area (Å²) in [6, 6.07) is 18.2. The minimum atomic E-state index is -0.223. The van der Waals surface area contributed by atoms with Crippen LogP contribution in [0.25, 0.3) is 0 Å². The summed E-state index contributed by atoms with van der Waals surface area (Å²) in [5, 5.41) is 5.77. The van der Waals surface area contributed by atoms with Gasteiger partial charge >= 0.3 is 6.03 Å². The van der Waals surface area contributed by atoms with Crippen LogP contribution in [0.3, 0.4) is 0 Å². The molecule has 2 aromatic rings. The van der Waals surface area contributed by atoms with E-state index in [-0.39, 0.29) is 11.8 Å². The molecule has 1 saturated heterocycles. The molecule has 0 bridgehead atoms. The number of amides is 2. The number of hydrogen-bond acceptors (Lipinski definition) is 3. The van der Waals surface area contributed by atoms with E-state index in [1.807, 2.05) is 0 Å². The predicted octanol–water partition coefficient (Wildman–Crippen LogP) is 5.13. The Kier molecular flexibility index (Phi) is 8.65. The molecule has 1 aliphatic rings. The SMILES string of the molecule is CCN1CCC(Cc2ccccc2)CC1CCCNC(=O)Nc1cccc(C(C)=O)c1. The smallest absolute Gasteiger partial charge is 0.319 e. The highest BCUT2D eigenvalue weighted by atomic mass is 16.2. The molecule has 1 heterocycles. The molecule has 0 saturated carbocycles. The van der Waals surface area contributed by atoms with Crippen molar-refractivity contribution in [2.75, 3.05) is 25.0 Å². The van der Waals surface area contributed by atoms with Crippen LogP contribution < -0.4 is 10.6 Å². The molecule has 0 radical (unpaired) electrons. The Hall–Kier alpha value is -2.66. The van der Waals surface area contributed by atoms with Gasteiger partial charge in [-0.25, -0.2) is 4.79 Å². The largest absolute Gasteiger partial charge is 0.338 e. The van der Waals surface area contributed by atoms with Gasteiger partial charge < -0.3 is 15.5 Å². The third-order valence-corrected chi connectivity index (χ3v) is 6.25. The van der Waals surface area contributed by atoms with Gasteiger partial charge in [0, 0.05) is 23.8 Å². The highest BCUT2D eigenvalue weighted by Crippen LogP contribution is 2.28. The topological polar surface area (TPSA) is 61.4 Å². The second kappa shape index (κ2) is 11.7. The van der Waals surface area contributed by atoms with Crippen molar-refractivity contribution in [2.45, 2.75) is 52.0 Å². The molecule has 2 aromatic carbocycles. The Bertz CT molecular complexity index is 853. The number of carbonyl (C=O) groups excluding carboxylic acids is 2. The van der Waals surface area contributed by atoms with E-state index >= 15 is 0 Å². The lowest BCUT2D eigenvalue weighted by atomic mass is 9.84. The van der Waals surface area contributed by atoms with E-state index in [0.717, 1.165) is 31.7 Å². The Morgan fingerprint density at radius 3 is 2.65 bits per heavy atom. The van der Waals surface area contributed by atoms with E-state index in [0.29, 0.717) is 23.8 Å². The Morgan fingerprint density at radius 1 is 1.10 bits per heavy atom. The van der Waals surface area contributed by atoms with Crippen molar-refractivity contribution < 1.29 is 9.59 Å². The summed E-state index contributed by atoms with van der Waals surface area (Å²) in [5.74, 6) is 0.725. The van der Waals surface area contributed by atoms with Crippen molar-refractivity contribution in [1.29, 1.82) is 0 Å². The van der Waals surface area contributed by atoms with Gasteiger partial charge in [-0.1, -0.05) is 49.4 Å². The molecule has 1 fully saturated rings. The van der Waals surface area contributed by atoms with Crippen molar-refractivity contribution in [1.82, 2.24) is 10.2 Å². The zero-order valence-corrected chi connectivity index (χ0v) is 18.8. The summed E-state index contributed by atoms with van der Waals surface area (Å²) in [5.41, 5.74) is 2.67. The third kappa shape index (κ3) is 7.21. The summed E-state index contributed by atoms with van der Waals surface area (Å²) in [6.07, 6.45) is 5.71.